The van der Waals surface area contributed by atoms with Crippen LogP contribution < -0.4 is 0 Å². The van der Waals surface area contributed by atoms with Crippen molar-refractivity contribution in [1.82, 2.24) is 9.88 Å². The Labute approximate surface area is 97.9 Å². The Morgan fingerprint density at radius 3 is 3.00 bits per heavy atom. The van der Waals surface area contributed by atoms with E-state index in [1.807, 2.05) is 29.9 Å². The molecule has 0 amide bonds. The summed E-state index contributed by atoms with van der Waals surface area (Å²) in [6.45, 7) is 1.63. The topological polar surface area (TPSA) is 40.0 Å². The predicted molar refractivity (Wildman–Crippen MR) is 64.6 cm³/mol. The minimum absolute atomic E-state index is 0.629. The molecule has 3 rings (SSSR count). The third kappa shape index (κ3) is 1.51. The van der Waals surface area contributed by atoms with Crippen LogP contribution in [0, 0.1) is 5.41 Å². The minimum Gasteiger partial charge on any atom is -0.347 e. The summed E-state index contributed by atoms with van der Waals surface area (Å²) in [5.41, 5.74) is 4.14. The van der Waals surface area contributed by atoms with Crippen molar-refractivity contribution in [2.45, 2.75) is 13.1 Å². The van der Waals surface area contributed by atoms with Gasteiger partial charge in [0.25, 0.3) is 0 Å². The molecule has 0 aliphatic carbocycles. The molecule has 0 saturated heterocycles. The van der Waals surface area contributed by atoms with Crippen LogP contribution in [-0.2, 0) is 13.1 Å². The molecule has 80 valence electrons. The molecule has 1 aliphatic heterocycles. The van der Waals surface area contributed by atoms with Crippen LogP contribution in [0.2, 0.25) is 0 Å². The molecule has 0 bridgehead atoms. The molecule has 1 aromatic carbocycles. The highest BCUT2D eigenvalue weighted by molar-refractivity contribution is 7.09. The normalized spacial score (nSPS) is 14.2. The number of amidine groups is 1. The molecule has 0 spiro atoms. The molecule has 1 aromatic heterocycles. The lowest BCUT2D eigenvalue weighted by atomic mass is 10.1. The fourth-order valence-electron chi connectivity index (χ4n) is 1.99. The molecule has 2 heterocycles. The Morgan fingerprint density at radius 2 is 2.25 bits per heavy atom. The fraction of sp³-hybridized carbons (Fsp3) is 0.167. The van der Waals surface area contributed by atoms with E-state index in [-0.39, 0.29) is 0 Å². The molecular weight excluding hydrogens is 218 g/mol. The zero-order valence-electron chi connectivity index (χ0n) is 8.68. The Kier molecular flexibility index (Phi) is 2.22. The van der Waals surface area contributed by atoms with E-state index in [0.29, 0.717) is 5.84 Å². The van der Waals surface area contributed by atoms with E-state index in [1.165, 1.54) is 10.4 Å². The zero-order valence-corrected chi connectivity index (χ0v) is 9.50. The molecule has 0 saturated carbocycles. The highest BCUT2D eigenvalue weighted by Crippen LogP contribution is 2.24. The van der Waals surface area contributed by atoms with Crippen LogP contribution in [0.5, 0.6) is 0 Å². The second kappa shape index (κ2) is 3.72. The largest absolute Gasteiger partial charge is 0.347 e. The highest BCUT2D eigenvalue weighted by atomic mass is 32.1. The number of benzene rings is 1. The molecule has 1 N–H and O–H groups in total. The maximum Gasteiger partial charge on any atom is 0.129 e. The van der Waals surface area contributed by atoms with Crippen molar-refractivity contribution >= 4 is 17.2 Å². The van der Waals surface area contributed by atoms with Gasteiger partial charge in [-0.05, 0) is 5.56 Å². The number of thiazole rings is 1. The summed E-state index contributed by atoms with van der Waals surface area (Å²) in [5, 5.41) is 8.10. The Hall–Kier alpha value is -1.68. The second-order valence-electron chi connectivity index (χ2n) is 3.83. The van der Waals surface area contributed by atoms with Crippen LogP contribution in [0.4, 0.5) is 0 Å². The van der Waals surface area contributed by atoms with Gasteiger partial charge in [0.05, 0.1) is 12.1 Å². The van der Waals surface area contributed by atoms with E-state index in [2.05, 4.69) is 16.0 Å². The van der Waals surface area contributed by atoms with E-state index < -0.39 is 0 Å². The number of nitrogens with zero attached hydrogens (tertiary/aromatic N) is 2. The monoisotopic (exact) mass is 229 g/mol. The third-order valence-corrected chi connectivity index (χ3v) is 3.54. The SMILES string of the molecule is N=C1c2ccccc2CN1Cc1cncs1. The van der Waals surface area contributed by atoms with E-state index in [0.717, 1.165) is 18.7 Å². The van der Waals surface area contributed by atoms with Crippen molar-refractivity contribution in [3.63, 3.8) is 0 Å². The molecular formula is C12H11N3S. The lowest BCUT2D eigenvalue weighted by Crippen LogP contribution is -2.22. The van der Waals surface area contributed by atoms with Gasteiger partial charge in [-0.2, -0.15) is 0 Å². The van der Waals surface area contributed by atoms with E-state index in [4.69, 9.17) is 5.41 Å². The van der Waals surface area contributed by atoms with E-state index in [1.54, 1.807) is 11.3 Å². The molecule has 0 fully saturated rings. The summed E-state index contributed by atoms with van der Waals surface area (Å²) in [4.78, 5) is 7.35. The van der Waals surface area contributed by atoms with E-state index >= 15 is 0 Å². The van der Waals surface area contributed by atoms with Crippen molar-refractivity contribution in [2.75, 3.05) is 0 Å². The Balaban J connectivity index is 1.85. The van der Waals surface area contributed by atoms with Gasteiger partial charge in [0.15, 0.2) is 0 Å². The quantitative estimate of drug-likeness (QED) is 0.859. The first-order valence-corrected chi connectivity index (χ1v) is 6.02. The van der Waals surface area contributed by atoms with Crippen LogP contribution in [0.15, 0.2) is 36.0 Å². The van der Waals surface area contributed by atoms with Crippen LogP contribution >= 0.6 is 11.3 Å². The van der Waals surface area contributed by atoms with Gasteiger partial charge in [-0.1, -0.05) is 24.3 Å². The molecule has 3 nitrogen and oxygen atoms in total. The molecule has 4 heteroatoms. The van der Waals surface area contributed by atoms with Crippen molar-refractivity contribution in [1.29, 1.82) is 5.41 Å². The fourth-order valence-corrected chi connectivity index (χ4v) is 2.60. The number of fused-ring (bicyclic) bond motifs is 1. The van der Waals surface area contributed by atoms with Gasteiger partial charge in [-0.25, -0.2) is 0 Å². The third-order valence-electron chi connectivity index (χ3n) is 2.78. The van der Waals surface area contributed by atoms with Crippen molar-refractivity contribution in [2.24, 2.45) is 0 Å². The first-order valence-electron chi connectivity index (χ1n) is 5.14. The van der Waals surface area contributed by atoms with Gasteiger partial charge in [-0.3, -0.25) is 10.4 Å². The molecule has 0 unspecified atom stereocenters. The van der Waals surface area contributed by atoms with Gasteiger partial charge >= 0.3 is 0 Å². The first-order chi connectivity index (χ1) is 7.84. The van der Waals surface area contributed by atoms with Gasteiger partial charge in [-0.15, -0.1) is 11.3 Å². The van der Waals surface area contributed by atoms with Gasteiger partial charge in [0.1, 0.15) is 5.84 Å². The molecule has 16 heavy (non-hydrogen) atoms. The summed E-state index contributed by atoms with van der Waals surface area (Å²) < 4.78 is 0. The summed E-state index contributed by atoms with van der Waals surface area (Å²) in [6, 6.07) is 8.13. The van der Waals surface area contributed by atoms with Crippen molar-refractivity contribution < 1.29 is 0 Å². The number of hydrogen-bond acceptors (Lipinski definition) is 3. The number of nitrogens with one attached hydrogen (secondary N) is 1. The maximum absolute atomic E-state index is 8.10. The average molecular weight is 229 g/mol. The molecule has 1 aliphatic rings. The van der Waals surface area contributed by atoms with Crippen molar-refractivity contribution in [3.05, 3.63) is 52.0 Å². The van der Waals surface area contributed by atoms with E-state index in [9.17, 15) is 0 Å². The lowest BCUT2D eigenvalue weighted by Gasteiger charge is -2.16. The lowest BCUT2D eigenvalue weighted by molar-refractivity contribution is 0.426. The van der Waals surface area contributed by atoms with Crippen LogP contribution in [-0.4, -0.2) is 15.7 Å². The predicted octanol–water partition coefficient (Wildman–Crippen LogP) is 2.48. The summed E-state index contributed by atoms with van der Waals surface area (Å²) in [7, 11) is 0. The summed E-state index contributed by atoms with van der Waals surface area (Å²) >= 11 is 1.64. The Morgan fingerprint density at radius 1 is 1.38 bits per heavy atom. The standard InChI is InChI=1S/C12H11N3S/c13-12-11-4-2-1-3-9(11)6-15(12)7-10-5-14-8-16-10/h1-5,8,13H,6-7H2. The molecule has 0 radical (unpaired) electrons. The van der Waals surface area contributed by atoms with Gasteiger partial charge in [0, 0.05) is 23.2 Å². The highest BCUT2D eigenvalue weighted by Gasteiger charge is 2.23. The number of hydrogen-bond donors (Lipinski definition) is 1. The van der Waals surface area contributed by atoms with Gasteiger partial charge < -0.3 is 4.90 Å². The summed E-state index contributed by atoms with van der Waals surface area (Å²) in [5.74, 6) is 0.629. The zero-order chi connectivity index (χ0) is 11.0. The number of rotatable bonds is 2. The van der Waals surface area contributed by atoms with Crippen LogP contribution in [0.25, 0.3) is 0 Å². The second-order valence-corrected chi connectivity index (χ2v) is 4.80. The molecule has 2 aromatic rings. The van der Waals surface area contributed by atoms with Gasteiger partial charge in [0.2, 0.25) is 0 Å². The molecule has 0 atom stereocenters. The first kappa shape index (κ1) is 9.54. The maximum atomic E-state index is 8.10. The van der Waals surface area contributed by atoms with Crippen LogP contribution in [0.1, 0.15) is 16.0 Å². The number of aromatic nitrogens is 1. The summed E-state index contributed by atoms with van der Waals surface area (Å²) in [6.07, 6.45) is 1.88. The van der Waals surface area contributed by atoms with Crippen molar-refractivity contribution in [3.8, 4) is 0 Å². The minimum atomic E-state index is 0.629. The average Bonchev–Trinajstić information content (AvgIpc) is 2.90. The smallest absolute Gasteiger partial charge is 0.129 e. The van der Waals surface area contributed by atoms with Crippen LogP contribution in [0.3, 0.4) is 0 Å². The Bertz CT molecular complexity index is 517.